The highest BCUT2D eigenvalue weighted by Crippen LogP contribution is 2.36. The van der Waals surface area contributed by atoms with Crippen LogP contribution in [0.2, 0.25) is 0 Å². The molecule has 2 rings (SSSR count). The summed E-state index contributed by atoms with van der Waals surface area (Å²) in [6, 6.07) is 1.21. The molecule has 0 aromatic carbocycles. The Kier molecular flexibility index (Phi) is 3.49. The summed E-state index contributed by atoms with van der Waals surface area (Å²) in [7, 11) is 0. The summed E-state index contributed by atoms with van der Waals surface area (Å²) in [5.41, 5.74) is 0. The second-order valence-electron chi connectivity index (χ2n) is 5.20. The lowest BCUT2D eigenvalue weighted by atomic mass is 9.92. The van der Waals surface area contributed by atoms with E-state index in [9.17, 15) is 0 Å². The molecule has 1 N–H and O–H groups in total. The van der Waals surface area contributed by atoms with E-state index in [0.29, 0.717) is 6.04 Å². The first-order valence-electron chi connectivity index (χ1n) is 6.25. The molecule has 1 aliphatic carbocycles. The van der Waals surface area contributed by atoms with Gasteiger partial charge < -0.3 is 10.2 Å². The molecule has 0 amide bonds. The van der Waals surface area contributed by atoms with E-state index in [4.69, 9.17) is 12.2 Å². The number of likely N-dealkylation sites (tertiary alicyclic amines) is 1. The fraction of sp³-hybridized carbons (Fsp3) is 0.917. The molecule has 0 bridgehead atoms. The summed E-state index contributed by atoms with van der Waals surface area (Å²) in [6.45, 7) is 5.48. The van der Waals surface area contributed by atoms with Crippen LogP contribution >= 0.6 is 12.2 Å². The summed E-state index contributed by atoms with van der Waals surface area (Å²) in [5.74, 6) is 0.922. The second-order valence-corrected chi connectivity index (χ2v) is 5.58. The van der Waals surface area contributed by atoms with Gasteiger partial charge in [0.2, 0.25) is 0 Å². The topological polar surface area (TPSA) is 15.3 Å². The Bertz CT molecular complexity index is 240. The quantitative estimate of drug-likeness (QED) is 0.692. The Morgan fingerprint density at radius 1 is 1.27 bits per heavy atom. The first-order chi connectivity index (χ1) is 7.18. The predicted octanol–water partition coefficient (Wildman–Crippen LogP) is 2.53. The minimum Gasteiger partial charge on any atom is -0.360 e. The lowest BCUT2D eigenvalue weighted by molar-refractivity contribution is 0.188. The van der Waals surface area contributed by atoms with Crippen molar-refractivity contribution in [1.82, 2.24) is 10.2 Å². The van der Waals surface area contributed by atoms with Crippen molar-refractivity contribution < 1.29 is 0 Å². The molecule has 1 saturated carbocycles. The zero-order valence-electron chi connectivity index (χ0n) is 9.83. The van der Waals surface area contributed by atoms with E-state index >= 15 is 0 Å². The monoisotopic (exact) mass is 226 g/mol. The van der Waals surface area contributed by atoms with Crippen LogP contribution in [0.4, 0.5) is 0 Å². The number of piperidine rings is 1. The van der Waals surface area contributed by atoms with Crippen LogP contribution in [0.1, 0.15) is 46.0 Å². The number of hydrogen-bond acceptors (Lipinski definition) is 1. The average molecular weight is 226 g/mol. The Balaban J connectivity index is 1.98. The number of fused-ring (bicyclic) bond motifs is 1. The highest BCUT2D eigenvalue weighted by Gasteiger charge is 2.35. The maximum absolute atomic E-state index is 5.49. The van der Waals surface area contributed by atoms with E-state index in [0.717, 1.165) is 17.1 Å². The van der Waals surface area contributed by atoms with Crippen LogP contribution in [-0.4, -0.2) is 28.6 Å². The van der Waals surface area contributed by atoms with E-state index in [1.807, 2.05) is 0 Å². The fourth-order valence-electron chi connectivity index (χ4n) is 3.04. The van der Waals surface area contributed by atoms with Crippen molar-refractivity contribution in [3.63, 3.8) is 0 Å². The van der Waals surface area contributed by atoms with Gasteiger partial charge in [0, 0.05) is 18.6 Å². The summed E-state index contributed by atoms with van der Waals surface area (Å²) in [5, 5.41) is 4.37. The van der Waals surface area contributed by atoms with Gasteiger partial charge in [-0.15, -0.1) is 0 Å². The number of rotatable bonds is 1. The molecule has 86 valence electrons. The van der Waals surface area contributed by atoms with Crippen molar-refractivity contribution in [2.75, 3.05) is 6.54 Å². The zero-order chi connectivity index (χ0) is 10.8. The van der Waals surface area contributed by atoms with Gasteiger partial charge in [0.25, 0.3) is 0 Å². The minimum absolute atomic E-state index is 0.458. The molecule has 2 aliphatic rings. The average Bonchev–Trinajstić information content (AvgIpc) is 2.63. The predicted molar refractivity (Wildman–Crippen MR) is 67.9 cm³/mol. The van der Waals surface area contributed by atoms with Gasteiger partial charge in [-0.1, -0.05) is 6.42 Å². The molecule has 1 saturated heterocycles. The number of nitrogens with one attached hydrogen (secondary N) is 1. The van der Waals surface area contributed by atoms with Crippen LogP contribution in [0, 0.1) is 5.92 Å². The van der Waals surface area contributed by atoms with Gasteiger partial charge in [-0.2, -0.15) is 0 Å². The Morgan fingerprint density at radius 2 is 2.00 bits per heavy atom. The molecule has 0 radical (unpaired) electrons. The van der Waals surface area contributed by atoms with Gasteiger partial charge in [-0.05, 0) is 57.7 Å². The van der Waals surface area contributed by atoms with E-state index in [2.05, 4.69) is 24.1 Å². The van der Waals surface area contributed by atoms with Crippen LogP contribution in [0.15, 0.2) is 0 Å². The van der Waals surface area contributed by atoms with E-state index in [1.54, 1.807) is 0 Å². The third kappa shape index (κ3) is 2.44. The van der Waals surface area contributed by atoms with E-state index in [-0.39, 0.29) is 0 Å². The molecule has 1 heterocycles. The number of hydrogen-bond donors (Lipinski definition) is 1. The number of nitrogens with zero attached hydrogens (tertiary/aromatic N) is 1. The molecule has 15 heavy (non-hydrogen) atoms. The Morgan fingerprint density at radius 3 is 2.73 bits per heavy atom. The van der Waals surface area contributed by atoms with Crippen LogP contribution in [-0.2, 0) is 0 Å². The minimum atomic E-state index is 0.458. The molecule has 2 atom stereocenters. The third-order valence-electron chi connectivity index (χ3n) is 3.67. The van der Waals surface area contributed by atoms with Crippen molar-refractivity contribution in [2.24, 2.45) is 5.92 Å². The van der Waals surface area contributed by atoms with Crippen LogP contribution in [0.25, 0.3) is 0 Å². The van der Waals surface area contributed by atoms with Crippen LogP contribution in [0.5, 0.6) is 0 Å². The highest BCUT2D eigenvalue weighted by atomic mass is 32.1. The second kappa shape index (κ2) is 4.69. The summed E-state index contributed by atoms with van der Waals surface area (Å²) in [6.07, 6.45) is 6.92. The summed E-state index contributed by atoms with van der Waals surface area (Å²) >= 11 is 5.49. The SMILES string of the molecule is CC(C)NC(=S)N1CCCC2CCCC21. The van der Waals surface area contributed by atoms with Crippen molar-refractivity contribution in [3.8, 4) is 0 Å². The first kappa shape index (κ1) is 11.2. The van der Waals surface area contributed by atoms with E-state index < -0.39 is 0 Å². The van der Waals surface area contributed by atoms with Crippen LogP contribution in [0.3, 0.4) is 0 Å². The molecule has 3 heteroatoms. The Labute approximate surface area is 98.4 Å². The van der Waals surface area contributed by atoms with Gasteiger partial charge in [-0.25, -0.2) is 0 Å². The fourth-order valence-corrected chi connectivity index (χ4v) is 3.50. The molecular weight excluding hydrogens is 204 g/mol. The Hall–Kier alpha value is -0.310. The highest BCUT2D eigenvalue weighted by molar-refractivity contribution is 7.80. The smallest absolute Gasteiger partial charge is 0.169 e. The van der Waals surface area contributed by atoms with Crippen molar-refractivity contribution in [3.05, 3.63) is 0 Å². The van der Waals surface area contributed by atoms with E-state index in [1.165, 1.54) is 38.6 Å². The standard InChI is InChI=1S/C12H22N2S/c1-9(2)13-12(15)14-8-4-6-10-5-3-7-11(10)14/h9-11H,3-8H2,1-2H3,(H,13,15). The molecule has 2 fully saturated rings. The van der Waals surface area contributed by atoms with Crippen molar-refractivity contribution >= 4 is 17.3 Å². The maximum Gasteiger partial charge on any atom is 0.169 e. The molecule has 2 nitrogen and oxygen atoms in total. The summed E-state index contributed by atoms with van der Waals surface area (Å²) in [4.78, 5) is 2.45. The summed E-state index contributed by atoms with van der Waals surface area (Å²) < 4.78 is 0. The van der Waals surface area contributed by atoms with Crippen molar-refractivity contribution in [1.29, 1.82) is 0 Å². The van der Waals surface area contributed by atoms with Crippen LogP contribution < -0.4 is 5.32 Å². The lowest BCUT2D eigenvalue weighted by Crippen LogP contribution is -2.51. The lowest BCUT2D eigenvalue weighted by Gasteiger charge is -2.40. The normalized spacial score (nSPS) is 30.5. The largest absolute Gasteiger partial charge is 0.360 e. The van der Waals surface area contributed by atoms with Gasteiger partial charge in [0.15, 0.2) is 5.11 Å². The number of thiocarbonyl (C=S) groups is 1. The molecule has 1 aliphatic heterocycles. The van der Waals surface area contributed by atoms with Crippen molar-refractivity contribution in [2.45, 2.75) is 58.0 Å². The van der Waals surface area contributed by atoms with Gasteiger partial charge in [0.1, 0.15) is 0 Å². The molecule has 0 spiro atoms. The van der Waals surface area contributed by atoms with Gasteiger partial charge in [0.05, 0.1) is 0 Å². The molecule has 0 aromatic heterocycles. The van der Waals surface area contributed by atoms with Gasteiger partial charge in [-0.3, -0.25) is 0 Å². The molecule has 0 aromatic rings. The first-order valence-corrected chi connectivity index (χ1v) is 6.66. The zero-order valence-corrected chi connectivity index (χ0v) is 10.6. The third-order valence-corrected chi connectivity index (χ3v) is 4.02. The molecular formula is C12H22N2S. The maximum atomic E-state index is 5.49. The van der Waals surface area contributed by atoms with Gasteiger partial charge >= 0.3 is 0 Å². The molecule has 2 unspecified atom stereocenters.